The number of aromatic nitrogens is 3. The van der Waals surface area contributed by atoms with E-state index in [1.807, 2.05) is 24.6 Å². The normalized spacial score (nSPS) is 10.6. The molecule has 0 atom stereocenters. The van der Waals surface area contributed by atoms with E-state index >= 15 is 0 Å². The summed E-state index contributed by atoms with van der Waals surface area (Å²) in [5, 5.41) is 5.28. The Morgan fingerprint density at radius 3 is 3.00 bits per heavy atom. The number of nitrogens with zero attached hydrogens (tertiary/aromatic N) is 3. The van der Waals surface area contributed by atoms with Gasteiger partial charge in [-0.3, -0.25) is 0 Å². The van der Waals surface area contributed by atoms with Gasteiger partial charge in [0.2, 0.25) is 0 Å². The summed E-state index contributed by atoms with van der Waals surface area (Å²) in [4.78, 5) is 13.2. The molecule has 2 rings (SSSR count). The Balaban J connectivity index is 2.00. The minimum absolute atomic E-state index is 0.760. The number of nitrogens with one attached hydrogen (secondary N) is 1. The molecule has 0 unspecified atom stereocenters. The summed E-state index contributed by atoms with van der Waals surface area (Å²) in [5.74, 6) is 2.53. The van der Waals surface area contributed by atoms with Gasteiger partial charge in [0.15, 0.2) is 0 Å². The molecule has 0 saturated heterocycles. The molecule has 0 aliphatic carbocycles. The molecule has 0 bridgehead atoms. The Kier molecular flexibility index (Phi) is 4.95. The standard InChI is InChI=1S/C12H16N4S2/c1-3-4-13-10-7-9(2)15-11(16-10)8-18-12-14-5-6-17-12/h5-7H,3-4,8H2,1-2H3,(H,13,15,16). The fraction of sp³-hybridized carbons (Fsp3) is 0.417. The highest BCUT2D eigenvalue weighted by molar-refractivity contribution is 8.00. The number of thiazole rings is 1. The number of thioether (sulfide) groups is 1. The molecule has 0 saturated carbocycles. The minimum Gasteiger partial charge on any atom is -0.370 e. The Bertz CT molecular complexity index is 485. The Labute approximate surface area is 115 Å². The van der Waals surface area contributed by atoms with Gasteiger partial charge < -0.3 is 5.32 Å². The SMILES string of the molecule is CCCNc1cc(C)nc(CSc2nccs2)n1. The maximum absolute atomic E-state index is 4.50. The first kappa shape index (κ1) is 13.3. The molecule has 18 heavy (non-hydrogen) atoms. The topological polar surface area (TPSA) is 50.7 Å². The van der Waals surface area contributed by atoms with E-state index in [4.69, 9.17) is 0 Å². The number of hydrogen-bond donors (Lipinski definition) is 1. The largest absolute Gasteiger partial charge is 0.370 e. The van der Waals surface area contributed by atoms with Gasteiger partial charge in [-0.1, -0.05) is 18.7 Å². The summed E-state index contributed by atoms with van der Waals surface area (Å²) in [6, 6.07) is 1.98. The zero-order valence-corrected chi connectivity index (χ0v) is 12.1. The Morgan fingerprint density at radius 1 is 1.39 bits per heavy atom. The fourth-order valence-corrected chi connectivity index (χ4v) is 2.94. The lowest BCUT2D eigenvalue weighted by molar-refractivity contribution is 0.940. The molecule has 1 N–H and O–H groups in total. The van der Waals surface area contributed by atoms with Gasteiger partial charge in [0.25, 0.3) is 0 Å². The number of hydrogen-bond acceptors (Lipinski definition) is 6. The number of rotatable bonds is 6. The fourth-order valence-electron chi connectivity index (χ4n) is 1.45. The Hall–Kier alpha value is -1.14. The van der Waals surface area contributed by atoms with Crippen LogP contribution in [0.3, 0.4) is 0 Å². The van der Waals surface area contributed by atoms with Crippen molar-refractivity contribution in [2.75, 3.05) is 11.9 Å². The zero-order chi connectivity index (χ0) is 12.8. The van der Waals surface area contributed by atoms with Gasteiger partial charge in [-0.2, -0.15) is 0 Å². The number of aryl methyl sites for hydroxylation is 1. The first-order valence-corrected chi connectivity index (χ1v) is 7.75. The second-order valence-corrected chi connectivity index (χ2v) is 5.94. The summed E-state index contributed by atoms with van der Waals surface area (Å²) in [6.45, 7) is 5.08. The van der Waals surface area contributed by atoms with Crippen molar-refractivity contribution >= 4 is 28.9 Å². The Morgan fingerprint density at radius 2 is 2.28 bits per heavy atom. The average molecular weight is 280 g/mol. The van der Waals surface area contributed by atoms with Gasteiger partial charge in [-0.15, -0.1) is 11.3 Å². The van der Waals surface area contributed by atoms with Crippen molar-refractivity contribution in [3.8, 4) is 0 Å². The molecule has 96 valence electrons. The summed E-state index contributed by atoms with van der Waals surface area (Å²) in [7, 11) is 0. The van der Waals surface area contributed by atoms with Crippen LogP contribution in [0.15, 0.2) is 22.0 Å². The third-order valence-electron chi connectivity index (χ3n) is 2.19. The van der Waals surface area contributed by atoms with Gasteiger partial charge in [-0.25, -0.2) is 15.0 Å². The van der Waals surface area contributed by atoms with Crippen LogP contribution in [0.25, 0.3) is 0 Å². The molecular weight excluding hydrogens is 264 g/mol. The highest BCUT2D eigenvalue weighted by Crippen LogP contribution is 2.23. The van der Waals surface area contributed by atoms with Crippen molar-refractivity contribution in [1.82, 2.24) is 15.0 Å². The van der Waals surface area contributed by atoms with Crippen LogP contribution >= 0.6 is 23.1 Å². The second-order valence-electron chi connectivity index (χ2n) is 3.82. The summed E-state index contributed by atoms with van der Waals surface area (Å²) in [6.07, 6.45) is 2.91. The molecule has 2 aromatic rings. The quantitative estimate of drug-likeness (QED) is 0.822. The minimum atomic E-state index is 0.760. The highest BCUT2D eigenvalue weighted by atomic mass is 32.2. The molecule has 0 fully saturated rings. The molecule has 4 nitrogen and oxygen atoms in total. The third-order valence-corrected chi connectivity index (χ3v) is 4.15. The predicted molar refractivity (Wildman–Crippen MR) is 77.2 cm³/mol. The lowest BCUT2D eigenvalue weighted by Crippen LogP contribution is -2.05. The van der Waals surface area contributed by atoms with E-state index in [1.165, 1.54) is 0 Å². The van der Waals surface area contributed by atoms with E-state index < -0.39 is 0 Å². The maximum Gasteiger partial charge on any atom is 0.150 e. The summed E-state index contributed by atoms with van der Waals surface area (Å²) < 4.78 is 1.06. The van der Waals surface area contributed by atoms with Gasteiger partial charge in [-0.05, 0) is 13.3 Å². The molecule has 0 aromatic carbocycles. The van der Waals surface area contributed by atoms with Crippen LogP contribution < -0.4 is 5.32 Å². The molecule has 0 aliphatic heterocycles. The smallest absolute Gasteiger partial charge is 0.150 e. The van der Waals surface area contributed by atoms with Crippen molar-refractivity contribution in [1.29, 1.82) is 0 Å². The molecule has 0 radical (unpaired) electrons. The van der Waals surface area contributed by atoms with Crippen molar-refractivity contribution in [3.05, 3.63) is 29.2 Å². The van der Waals surface area contributed by atoms with Crippen LogP contribution in [0, 0.1) is 6.92 Å². The van der Waals surface area contributed by atoms with E-state index in [0.29, 0.717) is 0 Å². The van der Waals surface area contributed by atoms with Crippen LogP contribution in [0.4, 0.5) is 5.82 Å². The molecule has 6 heteroatoms. The monoisotopic (exact) mass is 280 g/mol. The van der Waals surface area contributed by atoms with Crippen LogP contribution in [0.1, 0.15) is 24.9 Å². The molecule has 2 aromatic heterocycles. The average Bonchev–Trinajstić information content (AvgIpc) is 2.86. The van der Waals surface area contributed by atoms with Crippen molar-refractivity contribution in [2.24, 2.45) is 0 Å². The summed E-state index contributed by atoms with van der Waals surface area (Å²) in [5.41, 5.74) is 0.998. The molecule has 0 aliphatic rings. The third kappa shape index (κ3) is 3.96. The van der Waals surface area contributed by atoms with E-state index in [9.17, 15) is 0 Å². The van der Waals surface area contributed by atoms with Crippen LogP contribution in [-0.4, -0.2) is 21.5 Å². The van der Waals surface area contributed by atoms with E-state index in [1.54, 1.807) is 23.1 Å². The summed E-state index contributed by atoms with van der Waals surface area (Å²) >= 11 is 3.32. The van der Waals surface area contributed by atoms with Gasteiger partial charge in [0.05, 0.1) is 5.75 Å². The molecule has 0 amide bonds. The van der Waals surface area contributed by atoms with Crippen molar-refractivity contribution in [3.63, 3.8) is 0 Å². The first-order chi connectivity index (χ1) is 8.78. The van der Waals surface area contributed by atoms with E-state index in [0.717, 1.165) is 40.4 Å². The molecule has 0 spiro atoms. The van der Waals surface area contributed by atoms with Gasteiger partial charge in [0.1, 0.15) is 16.0 Å². The molecule has 2 heterocycles. The van der Waals surface area contributed by atoms with Gasteiger partial charge >= 0.3 is 0 Å². The lowest BCUT2D eigenvalue weighted by atomic mass is 10.4. The van der Waals surface area contributed by atoms with E-state index in [2.05, 4.69) is 27.2 Å². The lowest BCUT2D eigenvalue weighted by Gasteiger charge is -2.06. The van der Waals surface area contributed by atoms with Crippen LogP contribution in [-0.2, 0) is 5.75 Å². The van der Waals surface area contributed by atoms with Crippen molar-refractivity contribution in [2.45, 2.75) is 30.4 Å². The van der Waals surface area contributed by atoms with Crippen LogP contribution in [0.5, 0.6) is 0 Å². The number of anilines is 1. The van der Waals surface area contributed by atoms with Crippen LogP contribution in [0.2, 0.25) is 0 Å². The first-order valence-electron chi connectivity index (χ1n) is 5.88. The zero-order valence-electron chi connectivity index (χ0n) is 10.5. The second kappa shape index (κ2) is 6.70. The van der Waals surface area contributed by atoms with Crippen molar-refractivity contribution < 1.29 is 0 Å². The van der Waals surface area contributed by atoms with E-state index in [-0.39, 0.29) is 0 Å². The highest BCUT2D eigenvalue weighted by Gasteiger charge is 2.04. The predicted octanol–water partition coefficient (Wildman–Crippen LogP) is 3.36. The maximum atomic E-state index is 4.50. The van der Waals surface area contributed by atoms with Gasteiger partial charge in [0, 0.05) is 29.9 Å². The molecular formula is C12H16N4S2.